The topological polar surface area (TPSA) is 46.7 Å². The predicted octanol–water partition coefficient (Wildman–Crippen LogP) is 3.75. The van der Waals surface area contributed by atoms with Crippen LogP contribution in [0.25, 0.3) is 0 Å². The lowest BCUT2D eigenvalue weighted by Gasteiger charge is -2.13. The molecule has 0 aliphatic carbocycles. The minimum Gasteiger partial charge on any atom is -0.363 e. The number of epoxide rings is 1. The highest BCUT2D eigenvalue weighted by Crippen LogP contribution is 2.43. The van der Waals surface area contributed by atoms with Gasteiger partial charge in [-0.2, -0.15) is 0 Å². The largest absolute Gasteiger partial charge is 0.363 e. The number of sulfone groups is 1. The van der Waals surface area contributed by atoms with Crippen LogP contribution >= 0.6 is 34.5 Å². The summed E-state index contributed by atoms with van der Waals surface area (Å²) in [5.41, 5.74) is -0.118. The fourth-order valence-electron chi connectivity index (χ4n) is 2.06. The van der Waals surface area contributed by atoms with Gasteiger partial charge >= 0.3 is 0 Å². The molecule has 106 valence electrons. The van der Waals surface area contributed by atoms with Gasteiger partial charge in [0.15, 0.2) is 9.84 Å². The van der Waals surface area contributed by atoms with E-state index >= 15 is 0 Å². The molecule has 20 heavy (non-hydrogen) atoms. The summed E-state index contributed by atoms with van der Waals surface area (Å²) in [5, 5.41) is 2.68. The first-order valence-electron chi connectivity index (χ1n) is 5.78. The zero-order valence-electron chi connectivity index (χ0n) is 10.2. The Labute approximate surface area is 131 Å². The average molecular weight is 349 g/mol. The molecular formula is C13H10Cl2O3S2. The molecule has 1 unspecified atom stereocenters. The van der Waals surface area contributed by atoms with Crippen molar-refractivity contribution in [1.29, 1.82) is 0 Å². The molecule has 0 spiro atoms. The highest BCUT2D eigenvalue weighted by atomic mass is 35.5. The van der Waals surface area contributed by atoms with E-state index in [2.05, 4.69) is 0 Å². The molecule has 1 fully saturated rings. The van der Waals surface area contributed by atoms with Crippen molar-refractivity contribution in [2.45, 2.75) is 9.81 Å². The number of halogens is 2. The monoisotopic (exact) mass is 348 g/mol. The maximum atomic E-state index is 12.4. The summed E-state index contributed by atoms with van der Waals surface area (Å²) in [6, 6.07) is 8.32. The van der Waals surface area contributed by atoms with Crippen molar-refractivity contribution in [2.24, 2.45) is 0 Å². The van der Waals surface area contributed by atoms with Crippen LogP contribution in [0, 0.1) is 0 Å². The minimum atomic E-state index is -3.38. The Morgan fingerprint density at radius 1 is 1.25 bits per heavy atom. The van der Waals surface area contributed by atoms with Crippen LogP contribution in [0.5, 0.6) is 0 Å². The normalized spacial score (nSPS) is 21.9. The van der Waals surface area contributed by atoms with E-state index in [9.17, 15) is 8.42 Å². The van der Waals surface area contributed by atoms with Gasteiger partial charge in [0.1, 0.15) is 9.81 Å². The van der Waals surface area contributed by atoms with Gasteiger partial charge < -0.3 is 4.74 Å². The molecule has 3 nitrogen and oxygen atoms in total. The Morgan fingerprint density at radius 2 is 1.90 bits per heavy atom. The second-order valence-electron chi connectivity index (χ2n) is 4.63. The van der Waals surface area contributed by atoms with Gasteiger partial charge in [-0.15, -0.1) is 11.3 Å². The molecule has 0 saturated carbocycles. The van der Waals surface area contributed by atoms with Crippen molar-refractivity contribution in [3.05, 3.63) is 51.3 Å². The molecule has 2 heterocycles. The van der Waals surface area contributed by atoms with Crippen molar-refractivity contribution in [3.63, 3.8) is 0 Å². The molecule has 1 aliphatic heterocycles. The van der Waals surface area contributed by atoms with Crippen LogP contribution in [0.15, 0.2) is 39.9 Å². The third-order valence-electron chi connectivity index (χ3n) is 3.11. The molecule has 2 aromatic rings. The lowest BCUT2D eigenvalue weighted by molar-refractivity contribution is 0.330. The first-order chi connectivity index (χ1) is 9.41. The van der Waals surface area contributed by atoms with Crippen LogP contribution in [0.4, 0.5) is 0 Å². The molecule has 1 aromatic carbocycles. The highest BCUT2D eigenvalue weighted by molar-refractivity contribution is 7.93. The second-order valence-corrected chi connectivity index (χ2v) is 8.67. The van der Waals surface area contributed by atoms with Crippen molar-refractivity contribution in [1.82, 2.24) is 0 Å². The summed E-state index contributed by atoms with van der Waals surface area (Å²) in [6.07, 6.45) is 0. The van der Waals surface area contributed by atoms with E-state index in [1.54, 1.807) is 35.7 Å². The molecule has 7 heteroatoms. The summed E-state index contributed by atoms with van der Waals surface area (Å²) in [6.45, 7) is 0.355. The van der Waals surface area contributed by atoms with Gasteiger partial charge in [-0.25, -0.2) is 8.42 Å². The number of thiophene rings is 1. The van der Waals surface area contributed by atoms with E-state index in [-0.39, 0.29) is 5.75 Å². The summed E-state index contributed by atoms with van der Waals surface area (Å²) >= 11 is 13.1. The van der Waals surface area contributed by atoms with Crippen molar-refractivity contribution in [2.75, 3.05) is 12.4 Å². The van der Waals surface area contributed by atoms with Crippen LogP contribution < -0.4 is 0 Å². The van der Waals surface area contributed by atoms with E-state index in [1.165, 1.54) is 11.3 Å². The first-order valence-corrected chi connectivity index (χ1v) is 9.07. The number of hydrogen-bond donors (Lipinski definition) is 0. The molecule has 0 amide bonds. The summed E-state index contributed by atoms with van der Waals surface area (Å²) in [7, 11) is -3.38. The summed E-state index contributed by atoms with van der Waals surface area (Å²) in [5.74, 6) is -0.100. The molecule has 0 N–H and O–H groups in total. The number of ether oxygens (including phenoxy) is 1. The number of rotatable bonds is 4. The Bertz CT molecular complexity index is 715. The average Bonchev–Trinajstić information content (AvgIpc) is 2.91. The maximum absolute atomic E-state index is 12.4. The number of hydrogen-bond acceptors (Lipinski definition) is 4. The zero-order chi connectivity index (χ0) is 14.4. The van der Waals surface area contributed by atoms with E-state index in [0.29, 0.717) is 26.4 Å². The third-order valence-corrected chi connectivity index (χ3v) is 6.85. The highest BCUT2D eigenvalue weighted by Gasteiger charge is 2.50. The third kappa shape index (κ3) is 2.73. The Kier molecular flexibility index (Phi) is 3.59. The molecular weight excluding hydrogens is 339 g/mol. The smallest absolute Gasteiger partial charge is 0.191 e. The Balaban J connectivity index is 1.94. The van der Waals surface area contributed by atoms with E-state index in [4.69, 9.17) is 27.9 Å². The molecule has 3 rings (SSSR count). The molecule has 0 radical (unpaired) electrons. The van der Waals surface area contributed by atoms with Gasteiger partial charge in [0.25, 0.3) is 0 Å². The molecule has 1 aromatic heterocycles. The first kappa shape index (κ1) is 14.4. The summed E-state index contributed by atoms with van der Waals surface area (Å²) < 4.78 is 30.5. The van der Waals surface area contributed by atoms with Gasteiger partial charge in [-0.3, -0.25) is 0 Å². The van der Waals surface area contributed by atoms with Crippen LogP contribution in [0.2, 0.25) is 10.0 Å². The number of benzene rings is 1. The quantitative estimate of drug-likeness (QED) is 0.790. The van der Waals surface area contributed by atoms with Gasteiger partial charge in [0.2, 0.25) is 0 Å². The molecule has 0 bridgehead atoms. The van der Waals surface area contributed by atoms with Crippen LogP contribution in [-0.4, -0.2) is 20.8 Å². The van der Waals surface area contributed by atoms with Gasteiger partial charge in [0, 0.05) is 10.0 Å². The van der Waals surface area contributed by atoms with Crippen molar-refractivity contribution < 1.29 is 13.2 Å². The molecule has 1 aliphatic rings. The molecule has 1 atom stereocenters. The standard InChI is InChI=1S/C13H10Cl2O3S2/c14-10-4-9(5-11(15)6-10)13(7-18-13)8-20(16,17)12-2-1-3-19-12/h1-6H,7-8H2. The Morgan fingerprint density at radius 3 is 2.40 bits per heavy atom. The van der Waals surface area contributed by atoms with Crippen LogP contribution in [0.1, 0.15) is 5.56 Å². The second kappa shape index (κ2) is 5.00. The van der Waals surface area contributed by atoms with Crippen molar-refractivity contribution >= 4 is 44.4 Å². The lowest BCUT2D eigenvalue weighted by Crippen LogP contribution is -2.22. The predicted molar refractivity (Wildman–Crippen MR) is 80.5 cm³/mol. The van der Waals surface area contributed by atoms with Gasteiger partial charge in [0.05, 0.1) is 12.4 Å². The maximum Gasteiger partial charge on any atom is 0.191 e. The minimum absolute atomic E-state index is 0.100. The van der Waals surface area contributed by atoms with Gasteiger partial charge in [-0.05, 0) is 35.2 Å². The zero-order valence-corrected chi connectivity index (χ0v) is 13.3. The Hall–Kier alpha value is -0.590. The van der Waals surface area contributed by atoms with E-state index in [1.807, 2.05) is 0 Å². The SMILES string of the molecule is O=S(=O)(CC1(c2cc(Cl)cc(Cl)c2)CO1)c1cccs1. The van der Waals surface area contributed by atoms with Crippen molar-refractivity contribution in [3.8, 4) is 0 Å². The fraction of sp³-hybridized carbons (Fsp3) is 0.231. The van der Waals surface area contributed by atoms with Crippen LogP contribution in [-0.2, 0) is 20.2 Å². The fourth-order valence-corrected chi connectivity index (χ4v) is 5.34. The lowest BCUT2D eigenvalue weighted by atomic mass is 10.0. The van der Waals surface area contributed by atoms with Crippen LogP contribution in [0.3, 0.4) is 0 Å². The molecule has 1 saturated heterocycles. The van der Waals surface area contributed by atoms with E-state index < -0.39 is 15.4 Å². The van der Waals surface area contributed by atoms with Gasteiger partial charge in [-0.1, -0.05) is 29.3 Å². The summed E-state index contributed by atoms with van der Waals surface area (Å²) in [4.78, 5) is 0. The van der Waals surface area contributed by atoms with E-state index in [0.717, 1.165) is 0 Å².